The van der Waals surface area contributed by atoms with Gasteiger partial charge in [-0.1, -0.05) is 85.8 Å². The van der Waals surface area contributed by atoms with E-state index in [2.05, 4.69) is 48.2 Å². The molecule has 0 spiro atoms. The number of benzene rings is 3. The highest BCUT2D eigenvalue weighted by atomic mass is 32.0. The standard InChI is InChI=1S/C42H74N2O15.C16H15NO2.C2H8P2/c1-3-40(45)39(36-38-8-5-4-6-9-38)44-42(47)11-13-49-15-17-51-19-21-53-23-25-55-27-29-57-31-33-59-35-34-58-32-30-56-28-26-54-24-22-52-20-18-50-16-14-48-12-7-10-41(46)37(2)43;1-17-16(18)19-10-15-13-8-4-2-6-11(13)12-7-3-5-9-14(12)15;1-3-4-2/h4-6,8-9,37,39H,3,7,10-36,43H2,1-2H3,(H,44,47);2-9,15H,10H2,1H3,(H,17,18);3-4H,1-2H3/t37-,39-;;/m0../s1. The van der Waals surface area contributed by atoms with E-state index in [1.165, 1.54) is 38.8 Å². The van der Waals surface area contributed by atoms with Crippen molar-refractivity contribution < 1.29 is 80.8 Å². The number of rotatable bonds is 49. The predicted molar refractivity (Wildman–Crippen MR) is 322 cm³/mol. The van der Waals surface area contributed by atoms with Gasteiger partial charge < -0.3 is 77.9 Å². The summed E-state index contributed by atoms with van der Waals surface area (Å²) in [5.74, 6) is -0.0166. The number of ketones is 2. The highest BCUT2D eigenvalue weighted by molar-refractivity contribution is 8.11. The van der Waals surface area contributed by atoms with Crippen LogP contribution in [0.25, 0.3) is 11.1 Å². The second kappa shape index (κ2) is 52.6. The molecule has 20 nitrogen and oxygen atoms in total. The first-order valence-electron chi connectivity index (χ1n) is 28.6. The maximum atomic E-state index is 12.3. The van der Waals surface area contributed by atoms with Gasteiger partial charge in [-0.25, -0.2) is 4.79 Å². The molecule has 82 heavy (non-hydrogen) atoms. The molecule has 464 valence electrons. The minimum Gasteiger partial charge on any atom is -0.449 e. The second-order valence-corrected chi connectivity index (χ2v) is 22.2. The van der Waals surface area contributed by atoms with Crippen LogP contribution in [0.4, 0.5) is 4.79 Å². The third-order valence-corrected chi connectivity index (χ3v) is 13.9. The number of hydrogen-bond donors (Lipinski definition) is 3. The minimum absolute atomic E-state index is 0.00882. The first-order chi connectivity index (χ1) is 40.2. The first-order valence-corrected chi connectivity index (χ1v) is 32.6. The summed E-state index contributed by atoms with van der Waals surface area (Å²) in [6, 6.07) is 25.3. The number of ether oxygens (including phenoxy) is 13. The molecule has 4 rings (SSSR count). The van der Waals surface area contributed by atoms with E-state index in [4.69, 9.17) is 67.3 Å². The van der Waals surface area contributed by atoms with Gasteiger partial charge in [-0.15, -0.1) is 16.5 Å². The number of Topliss-reactive ketones (excluding diaryl/α,β-unsaturated/α-hetero) is 2. The summed E-state index contributed by atoms with van der Waals surface area (Å²) >= 11 is 0. The zero-order valence-corrected chi connectivity index (χ0v) is 51.5. The number of nitrogens with two attached hydrogens (primary N) is 1. The lowest BCUT2D eigenvalue weighted by Gasteiger charge is -2.17. The van der Waals surface area contributed by atoms with E-state index in [0.29, 0.717) is 184 Å². The summed E-state index contributed by atoms with van der Waals surface area (Å²) in [5, 5.41) is 5.32. The van der Waals surface area contributed by atoms with E-state index in [1.807, 2.05) is 54.6 Å². The SMILES string of the molecule is CCC(=O)[C@H](Cc1ccccc1)NC(=O)CCOCCOCCOCCOCCOCCOCCOCCOCCOCCOCCOCCOCCCC(=O)[C@H](C)N.CNC(=O)OCC1c2ccccc2-c2ccccc21.CPPC. The molecule has 1 aliphatic carbocycles. The van der Waals surface area contributed by atoms with Crippen LogP contribution in [0.15, 0.2) is 78.9 Å². The van der Waals surface area contributed by atoms with Crippen molar-refractivity contribution in [2.75, 3.05) is 186 Å². The predicted octanol–water partition coefficient (Wildman–Crippen LogP) is 6.65. The summed E-state index contributed by atoms with van der Waals surface area (Å²) in [5.41, 5.74) is 11.5. The van der Waals surface area contributed by atoms with Crippen LogP contribution in [0.3, 0.4) is 0 Å². The van der Waals surface area contributed by atoms with E-state index in [1.54, 1.807) is 20.9 Å². The van der Waals surface area contributed by atoms with Crippen molar-refractivity contribution in [3.63, 3.8) is 0 Å². The number of alkyl carbamates (subject to hydrolysis) is 1. The molecule has 0 saturated carbocycles. The molecule has 0 bridgehead atoms. The lowest BCUT2D eigenvalue weighted by Crippen LogP contribution is -2.42. The molecule has 3 aromatic carbocycles. The second-order valence-electron chi connectivity index (χ2n) is 18.2. The zero-order valence-electron chi connectivity index (χ0n) is 49.5. The van der Waals surface area contributed by atoms with Gasteiger partial charge in [0, 0.05) is 38.8 Å². The van der Waals surface area contributed by atoms with Crippen LogP contribution in [0.5, 0.6) is 0 Å². The average molecular weight is 1190 g/mol. The maximum absolute atomic E-state index is 12.3. The van der Waals surface area contributed by atoms with E-state index in [0.717, 1.165) is 5.56 Å². The number of fused-ring (bicyclic) bond motifs is 3. The molecule has 0 aliphatic heterocycles. The van der Waals surface area contributed by atoms with Crippen LogP contribution in [-0.2, 0) is 82.4 Å². The van der Waals surface area contributed by atoms with Crippen molar-refractivity contribution in [1.29, 1.82) is 0 Å². The fraction of sp³-hybridized carbons (Fsp3) is 0.633. The van der Waals surface area contributed by atoms with Crippen LogP contribution in [0.1, 0.15) is 62.1 Å². The summed E-state index contributed by atoms with van der Waals surface area (Å²) in [4.78, 5) is 47.3. The molecule has 0 heterocycles. The number of carbonyl (C=O) groups excluding carboxylic acids is 4. The Labute approximate surface area is 491 Å². The quantitative estimate of drug-likeness (QED) is 0.0396. The minimum atomic E-state index is -0.532. The number of amides is 2. The molecule has 22 heteroatoms. The Morgan fingerprint density at radius 1 is 0.488 bits per heavy atom. The molecule has 3 aromatic rings. The smallest absolute Gasteiger partial charge is 0.406 e. The molecule has 0 saturated heterocycles. The van der Waals surface area contributed by atoms with Crippen LogP contribution in [0, 0.1) is 0 Å². The maximum Gasteiger partial charge on any atom is 0.406 e. The van der Waals surface area contributed by atoms with Gasteiger partial charge in [-0.3, -0.25) is 14.4 Å². The fourth-order valence-electron chi connectivity index (χ4n) is 7.54. The van der Waals surface area contributed by atoms with E-state index < -0.39 is 12.1 Å². The van der Waals surface area contributed by atoms with Crippen LogP contribution in [-0.4, -0.2) is 221 Å². The van der Waals surface area contributed by atoms with E-state index in [9.17, 15) is 19.2 Å². The van der Waals surface area contributed by atoms with Gasteiger partial charge in [0.1, 0.15) is 12.4 Å². The molecular formula is C60H97N3O17P2. The Morgan fingerprint density at radius 2 is 0.841 bits per heavy atom. The van der Waals surface area contributed by atoms with Crippen molar-refractivity contribution in [2.24, 2.45) is 5.73 Å². The summed E-state index contributed by atoms with van der Waals surface area (Å²) in [6.45, 7) is 19.3. The van der Waals surface area contributed by atoms with Gasteiger partial charge in [-0.2, -0.15) is 0 Å². The Morgan fingerprint density at radius 3 is 1.20 bits per heavy atom. The van der Waals surface area contributed by atoms with Crippen molar-refractivity contribution in [1.82, 2.24) is 10.6 Å². The monoisotopic (exact) mass is 1190 g/mol. The van der Waals surface area contributed by atoms with Crippen molar-refractivity contribution in [2.45, 2.75) is 64.0 Å². The number of hydrogen-bond acceptors (Lipinski definition) is 18. The molecule has 4 N–H and O–H groups in total. The zero-order chi connectivity index (χ0) is 59.4. The normalized spacial score (nSPS) is 12.6. The fourth-order valence-corrected chi connectivity index (χ4v) is 7.54. The van der Waals surface area contributed by atoms with Gasteiger partial charge in [-0.05, 0) is 60.9 Å². The van der Waals surface area contributed by atoms with E-state index in [-0.39, 0.29) is 42.5 Å². The Balaban J connectivity index is 0.000000813. The molecule has 2 unspecified atom stereocenters. The Hall–Kier alpha value is -3.92. The van der Waals surface area contributed by atoms with E-state index >= 15 is 0 Å². The summed E-state index contributed by atoms with van der Waals surface area (Å²) in [7, 11) is 3.90. The third-order valence-electron chi connectivity index (χ3n) is 11.9. The number of nitrogens with one attached hydrogen (secondary N) is 2. The Kier molecular flexibility index (Phi) is 47.6. The van der Waals surface area contributed by atoms with Gasteiger partial charge in [0.05, 0.1) is 164 Å². The largest absolute Gasteiger partial charge is 0.449 e. The Bertz CT molecular complexity index is 2000. The van der Waals surface area contributed by atoms with Crippen LogP contribution < -0.4 is 16.4 Å². The highest BCUT2D eigenvalue weighted by Crippen LogP contribution is 2.44. The lowest BCUT2D eigenvalue weighted by molar-refractivity contribution is -0.128. The van der Waals surface area contributed by atoms with Gasteiger partial charge >= 0.3 is 6.09 Å². The highest BCUT2D eigenvalue weighted by Gasteiger charge is 2.29. The lowest BCUT2D eigenvalue weighted by atomic mass is 9.98. The molecular weight excluding hydrogens is 1100 g/mol. The molecule has 4 atom stereocenters. The third kappa shape index (κ3) is 38.1. The molecule has 0 fully saturated rings. The summed E-state index contributed by atoms with van der Waals surface area (Å²) < 4.78 is 71.0. The first kappa shape index (κ1) is 74.2. The molecule has 0 radical (unpaired) electrons. The topological polar surface area (TPSA) is 238 Å². The van der Waals surface area contributed by atoms with Crippen LogP contribution >= 0.6 is 16.5 Å². The molecule has 1 aliphatic rings. The molecule has 2 amide bonds. The number of carbonyl (C=O) groups is 4. The average Bonchev–Trinajstić information content (AvgIpc) is 3.19. The van der Waals surface area contributed by atoms with Crippen LogP contribution in [0.2, 0.25) is 0 Å². The van der Waals surface area contributed by atoms with Crippen molar-refractivity contribution in [3.05, 3.63) is 95.6 Å². The van der Waals surface area contributed by atoms with Gasteiger partial charge in [0.15, 0.2) is 5.78 Å². The summed E-state index contributed by atoms with van der Waals surface area (Å²) in [6.07, 6.45) is 1.75. The molecule has 0 aromatic heterocycles. The van der Waals surface area contributed by atoms with Crippen molar-refractivity contribution >= 4 is 40.1 Å². The van der Waals surface area contributed by atoms with Gasteiger partial charge in [0.25, 0.3) is 0 Å². The van der Waals surface area contributed by atoms with Crippen molar-refractivity contribution in [3.8, 4) is 11.1 Å². The van der Waals surface area contributed by atoms with Gasteiger partial charge in [0.2, 0.25) is 5.91 Å².